The smallest absolute Gasteiger partial charge is 0.248 e. The zero-order valence-electron chi connectivity index (χ0n) is 10.6. The minimum atomic E-state index is 0.121. The average molecular weight is 236 g/mol. The molecule has 1 unspecified atom stereocenters. The third-order valence-electron chi connectivity index (χ3n) is 3.88. The molecule has 1 aliphatic carbocycles. The maximum atomic E-state index is 11.6. The molecule has 0 radical (unpaired) electrons. The molecule has 1 saturated heterocycles. The molecule has 0 N–H and O–H groups in total. The summed E-state index contributed by atoms with van der Waals surface area (Å²) < 4.78 is 4.87. The molecule has 0 aromatic heterocycles. The van der Waals surface area contributed by atoms with E-state index in [9.17, 15) is 4.79 Å². The van der Waals surface area contributed by atoms with Gasteiger partial charge in [0, 0.05) is 26.7 Å². The summed E-state index contributed by atoms with van der Waals surface area (Å²) in [5.41, 5.74) is 0. The van der Waals surface area contributed by atoms with Gasteiger partial charge in [-0.1, -0.05) is 5.92 Å². The van der Waals surface area contributed by atoms with Crippen molar-refractivity contribution in [2.75, 3.05) is 46.9 Å². The molecular weight excluding hydrogens is 216 g/mol. The topological polar surface area (TPSA) is 32.8 Å². The van der Waals surface area contributed by atoms with Gasteiger partial charge in [-0.2, -0.15) is 0 Å². The van der Waals surface area contributed by atoms with Crippen LogP contribution in [-0.4, -0.2) is 62.7 Å². The fourth-order valence-corrected chi connectivity index (χ4v) is 2.92. The van der Waals surface area contributed by atoms with Crippen molar-refractivity contribution in [2.45, 2.75) is 0 Å². The van der Waals surface area contributed by atoms with Crippen molar-refractivity contribution in [2.24, 2.45) is 17.8 Å². The second-order valence-electron chi connectivity index (χ2n) is 5.12. The summed E-state index contributed by atoms with van der Waals surface area (Å²) in [5, 5.41) is 0. The summed E-state index contributed by atoms with van der Waals surface area (Å²) in [7, 11) is 3.62. The number of methoxy groups -OCH3 is 1. The van der Waals surface area contributed by atoms with Crippen LogP contribution < -0.4 is 0 Å². The number of fused-ring (bicyclic) bond motifs is 1. The van der Waals surface area contributed by atoms with Crippen LogP contribution >= 0.6 is 0 Å². The van der Waals surface area contributed by atoms with E-state index < -0.39 is 0 Å². The lowest BCUT2D eigenvalue weighted by Gasteiger charge is -2.21. The minimum absolute atomic E-state index is 0.121. The van der Waals surface area contributed by atoms with Gasteiger partial charge in [0.1, 0.15) is 6.61 Å². The molecule has 1 aliphatic heterocycles. The molecule has 0 bridgehead atoms. The molecule has 0 aromatic carbocycles. The molecule has 1 saturated carbocycles. The minimum Gasteiger partial charge on any atom is -0.375 e. The Labute approximate surface area is 103 Å². The van der Waals surface area contributed by atoms with Crippen LogP contribution in [0.3, 0.4) is 0 Å². The first-order chi connectivity index (χ1) is 8.17. The first-order valence-corrected chi connectivity index (χ1v) is 6.06. The molecule has 1 heterocycles. The number of amides is 1. The number of hydrogen-bond acceptors (Lipinski definition) is 3. The lowest BCUT2D eigenvalue weighted by Crippen LogP contribution is -2.35. The van der Waals surface area contributed by atoms with Crippen molar-refractivity contribution >= 4 is 5.91 Å². The molecule has 4 nitrogen and oxygen atoms in total. The fraction of sp³-hybridized carbons (Fsp3) is 0.769. The number of carbonyl (C=O) groups excluding carboxylic acids is 1. The molecule has 3 atom stereocenters. The number of carbonyl (C=O) groups is 1. The van der Waals surface area contributed by atoms with E-state index in [0.29, 0.717) is 18.4 Å². The lowest BCUT2D eigenvalue weighted by atomic mass is 10.2. The van der Waals surface area contributed by atoms with Crippen LogP contribution in [0.5, 0.6) is 0 Å². The van der Waals surface area contributed by atoms with Crippen LogP contribution in [0.4, 0.5) is 0 Å². The Bertz CT molecular complexity index is 325. The highest BCUT2D eigenvalue weighted by Crippen LogP contribution is 2.51. The van der Waals surface area contributed by atoms with E-state index in [1.807, 2.05) is 4.90 Å². The summed E-state index contributed by atoms with van der Waals surface area (Å²) in [6, 6.07) is 0. The molecule has 1 amide bonds. The van der Waals surface area contributed by atoms with Crippen LogP contribution in [-0.2, 0) is 9.53 Å². The van der Waals surface area contributed by atoms with E-state index in [1.165, 1.54) is 0 Å². The number of terminal acetylenes is 1. The van der Waals surface area contributed by atoms with Crippen LogP contribution in [0.15, 0.2) is 0 Å². The number of ether oxygens (including phenoxy) is 1. The Morgan fingerprint density at radius 2 is 2.18 bits per heavy atom. The lowest BCUT2D eigenvalue weighted by molar-refractivity contribution is -0.134. The van der Waals surface area contributed by atoms with Gasteiger partial charge in [-0.15, -0.1) is 6.42 Å². The van der Waals surface area contributed by atoms with E-state index in [0.717, 1.165) is 25.6 Å². The highest BCUT2D eigenvalue weighted by atomic mass is 16.5. The summed E-state index contributed by atoms with van der Waals surface area (Å²) in [5.74, 6) is 4.89. The maximum absolute atomic E-state index is 11.6. The van der Waals surface area contributed by atoms with E-state index in [1.54, 1.807) is 7.11 Å². The Morgan fingerprint density at radius 3 is 2.71 bits per heavy atom. The van der Waals surface area contributed by atoms with Crippen molar-refractivity contribution < 1.29 is 9.53 Å². The first-order valence-electron chi connectivity index (χ1n) is 6.06. The zero-order chi connectivity index (χ0) is 12.4. The molecule has 0 aromatic rings. The number of rotatable bonds is 5. The maximum Gasteiger partial charge on any atom is 0.248 e. The van der Waals surface area contributed by atoms with Crippen LogP contribution in [0.25, 0.3) is 0 Å². The molecule has 2 rings (SSSR count). The van der Waals surface area contributed by atoms with E-state index >= 15 is 0 Å². The van der Waals surface area contributed by atoms with Gasteiger partial charge in [-0.25, -0.2) is 0 Å². The summed E-state index contributed by atoms with van der Waals surface area (Å²) in [4.78, 5) is 15.7. The van der Waals surface area contributed by atoms with Crippen LogP contribution in [0, 0.1) is 30.1 Å². The highest BCUT2D eigenvalue weighted by Gasteiger charge is 2.56. The van der Waals surface area contributed by atoms with E-state index in [2.05, 4.69) is 17.9 Å². The standard InChI is InChI=1S/C13H20N2O2/c1-4-5-14(2)6-10-11-7-15(8-12(10)11)13(16)9-17-3/h1,10-12H,5-9H2,2-3H3/t10?,11-,12+. The van der Waals surface area contributed by atoms with Gasteiger partial charge in [0.25, 0.3) is 0 Å². The summed E-state index contributed by atoms with van der Waals surface area (Å²) >= 11 is 0. The molecule has 94 valence electrons. The normalized spacial score (nSPS) is 30.2. The van der Waals surface area contributed by atoms with E-state index in [4.69, 9.17) is 11.2 Å². The Hall–Kier alpha value is -1.05. The Balaban J connectivity index is 1.72. The largest absolute Gasteiger partial charge is 0.375 e. The third kappa shape index (κ3) is 2.62. The van der Waals surface area contributed by atoms with Crippen molar-refractivity contribution in [3.8, 4) is 12.3 Å². The van der Waals surface area contributed by atoms with Gasteiger partial charge in [0.2, 0.25) is 5.91 Å². The second-order valence-corrected chi connectivity index (χ2v) is 5.12. The zero-order valence-corrected chi connectivity index (χ0v) is 10.6. The van der Waals surface area contributed by atoms with Gasteiger partial charge in [0.05, 0.1) is 6.54 Å². The van der Waals surface area contributed by atoms with Crippen LogP contribution in [0.1, 0.15) is 0 Å². The van der Waals surface area contributed by atoms with Gasteiger partial charge < -0.3 is 9.64 Å². The fourth-order valence-electron chi connectivity index (χ4n) is 2.92. The van der Waals surface area contributed by atoms with Crippen molar-refractivity contribution in [3.05, 3.63) is 0 Å². The molecule has 0 spiro atoms. The quantitative estimate of drug-likeness (QED) is 0.625. The predicted molar refractivity (Wildman–Crippen MR) is 65.3 cm³/mol. The third-order valence-corrected chi connectivity index (χ3v) is 3.88. The average Bonchev–Trinajstić information content (AvgIpc) is 2.76. The second kappa shape index (κ2) is 5.07. The van der Waals surface area contributed by atoms with Gasteiger partial charge in [-0.3, -0.25) is 9.69 Å². The summed E-state index contributed by atoms with van der Waals surface area (Å²) in [6.45, 7) is 3.79. The SMILES string of the molecule is C#CCN(C)CC1[C@H]2CN(C(=O)COC)C[C@@H]12. The van der Waals surface area contributed by atoms with Crippen molar-refractivity contribution in [1.82, 2.24) is 9.80 Å². The Kier molecular flexibility index (Phi) is 3.70. The molecular formula is C13H20N2O2. The molecule has 4 heteroatoms. The number of likely N-dealkylation sites (tertiary alicyclic amines) is 1. The predicted octanol–water partition coefficient (Wildman–Crippen LogP) is -0.0978. The van der Waals surface area contributed by atoms with Gasteiger partial charge >= 0.3 is 0 Å². The number of hydrogen-bond donors (Lipinski definition) is 0. The van der Waals surface area contributed by atoms with Crippen molar-refractivity contribution in [3.63, 3.8) is 0 Å². The molecule has 17 heavy (non-hydrogen) atoms. The highest BCUT2D eigenvalue weighted by molar-refractivity contribution is 5.78. The molecule has 2 aliphatic rings. The monoisotopic (exact) mass is 236 g/mol. The Morgan fingerprint density at radius 1 is 1.53 bits per heavy atom. The number of piperidine rings is 1. The molecule has 2 fully saturated rings. The van der Waals surface area contributed by atoms with Crippen molar-refractivity contribution in [1.29, 1.82) is 0 Å². The summed E-state index contributed by atoms with van der Waals surface area (Å²) in [6.07, 6.45) is 5.28. The number of nitrogens with zero attached hydrogens (tertiary/aromatic N) is 2. The van der Waals surface area contributed by atoms with Crippen LogP contribution in [0.2, 0.25) is 0 Å². The van der Waals surface area contributed by atoms with E-state index in [-0.39, 0.29) is 12.5 Å². The van der Waals surface area contributed by atoms with Gasteiger partial charge in [0.15, 0.2) is 0 Å². The van der Waals surface area contributed by atoms with Gasteiger partial charge in [-0.05, 0) is 24.8 Å². The first kappa shape index (κ1) is 12.4.